The molecule has 3 heterocycles. The molecule has 0 aliphatic heterocycles. The number of anilines is 1. The Morgan fingerprint density at radius 3 is 2.42 bits per heavy atom. The fourth-order valence-electron chi connectivity index (χ4n) is 3.89. The van der Waals surface area contributed by atoms with E-state index in [1.807, 2.05) is 6.07 Å². The number of nitrogens with two attached hydrogens (primary N) is 1. The number of pyridine rings is 2. The van der Waals surface area contributed by atoms with E-state index in [1.54, 1.807) is 39.2 Å². The Morgan fingerprint density at radius 1 is 1.00 bits per heavy atom. The molecule has 0 radical (unpaired) electrons. The van der Waals surface area contributed by atoms with Gasteiger partial charge in [-0.1, -0.05) is 6.07 Å². The number of nitrogen functional groups attached to an aromatic ring is 1. The number of aryl methyl sites for hydroxylation is 1. The van der Waals surface area contributed by atoms with Crippen molar-refractivity contribution in [3.63, 3.8) is 0 Å². The highest BCUT2D eigenvalue weighted by atomic mass is 19.3. The number of benzene rings is 1. The number of hydrogen-bond acceptors (Lipinski definition) is 8. The number of alkyl halides is 2. The van der Waals surface area contributed by atoms with Gasteiger partial charge in [0.05, 0.1) is 29.2 Å². The molecule has 3 N–H and O–H groups in total. The average Bonchev–Trinajstić information content (AvgIpc) is 2.91. The molecule has 0 fully saturated rings. The number of likely N-dealkylation sites (N-methyl/N-ethyl adjacent to an activating group) is 1. The molecule has 0 atom stereocenters. The maximum atomic E-state index is 13.7. The van der Waals surface area contributed by atoms with E-state index in [0.717, 1.165) is 0 Å². The molecule has 0 unspecified atom stereocenters. The van der Waals surface area contributed by atoms with Gasteiger partial charge in [-0.25, -0.2) is 18.2 Å². The van der Waals surface area contributed by atoms with Crippen molar-refractivity contribution in [1.82, 2.24) is 30.2 Å². The normalized spacial score (nSPS) is 11.1. The maximum absolute atomic E-state index is 13.7. The molecular weight excluding hydrogens is 523 g/mol. The molecule has 4 aromatic rings. The van der Waals surface area contributed by atoms with Crippen molar-refractivity contribution in [3.05, 3.63) is 83.2 Å². The van der Waals surface area contributed by atoms with E-state index in [4.69, 9.17) is 10.5 Å². The molecule has 208 valence electrons. The topological polar surface area (TPSA) is 119 Å². The van der Waals surface area contributed by atoms with Crippen LogP contribution in [0.15, 0.2) is 54.6 Å². The molecule has 3 aromatic heterocycles. The summed E-state index contributed by atoms with van der Waals surface area (Å²) in [5.41, 5.74) is 8.61. The van der Waals surface area contributed by atoms with Crippen molar-refractivity contribution in [2.75, 3.05) is 26.4 Å². The van der Waals surface area contributed by atoms with Crippen LogP contribution in [-0.4, -0.2) is 51.4 Å². The zero-order chi connectivity index (χ0) is 28.8. The molecule has 4 rings (SSSR count). The van der Waals surface area contributed by atoms with Crippen molar-refractivity contribution in [1.29, 1.82) is 0 Å². The minimum atomic E-state index is -2.81. The van der Waals surface area contributed by atoms with Gasteiger partial charge in [-0.05, 0) is 61.0 Å². The van der Waals surface area contributed by atoms with Crippen LogP contribution in [0.3, 0.4) is 0 Å². The summed E-state index contributed by atoms with van der Waals surface area (Å²) in [5, 5.41) is 3.05. The van der Waals surface area contributed by atoms with Gasteiger partial charge in [0.2, 0.25) is 17.7 Å². The predicted molar refractivity (Wildman–Crippen MR) is 144 cm³/mol. The number of nitrogens with one attached hydrogen (secondary N) is 1. The minimum absolute atomic E-state index is 0.0252. The predicted octanol–water partition coefficient (Wildman–Crippen LogP) is 4.32. The lowest BCUT2D eigenvalue weighted by Gasteiger charge is -2.17. The summed E-state index contributed by atoms with van der Waals surface area (Å²) in [4.78, 5) is 30.4. The van der Waals surface area contributed by atoms with Crippen molar-refractivity contribution in [2.45, 2.75) is 26.5 Å². The first-order chi connectivity index (χ1) is 19.1. The number of carbonyl (C=O) groups excluding carboxylic acids is 1. The fourth-order valence-corrected chi connectivity index (χ4v) is 3.89. The first kappa shape index (κ1) is 28.4. The number of nitrogens with zero attached hydrogens (tertiary/aromatic N) is 5. The van der Waals surface area contributed by atoms with Gasteiger partial charge < -0.3 is 20.7 Å². The van der Waals surface area contributed by atoms with Crippen LogP contribution in [0.5, 0.6) is 5.88 Å². The molecule has 40 heavy (non-hydrogen) atoms. The molecule has 0 aliphatic carbocycles. The molecule has 0 bridgehead atoms. The zero-order valence-corrected chi connectivity index (χ0v) is 22.2. The third-order valence-corrected chi connectivity index (χ3v) is 5.80. The zero-order valence-electron chi connectivity index (χ0n) is 22.2. The van der Waals surface area contributed by atoms with Gasteiger partial charge >= 0.3 is 0 Å². The van der Waals surface area contributed by atoms with E-state index >= 15 is 0 Å². The Labute approximate surface area is 229 Å². The number of amides is 1. The van der Waals surface area contributed by atoms with Gasteiger partial charge in [0.25, 0.3) is 6.43 Å². The molecule has 1 aromatic carbocycles. The number of ether oxygens (including phenoxy) is 1. The number of rotatable bonds is 10. The van der Waals surface area contributed by atoms with E-state index in [1.165, 1.54) is 35.2 Å². The summed E-state index contributed by atoms with van der Waals surface area (Å²) in [6, 6.07) is 13.7. The Morgan fingerprint density at radius 2 is 1.73 bits per heavy atom. The highest BCUT2D eigenvalue weighted by Crippen LogP contribution is 2.39. The van der Waals surface area contributed by atoms with E-state index < -0.39 is 17.9 Å². The van der Waals surface area contributed by atoms with Crippen LogP contribution < -0.4 is 15.8 Å². The van der Waals surface area contributed by atoms with Crippen molar-refractivity contribution >= 4 is 11.9 Å². The Kier molecular flexibility index (Phi) is 8.90. The highest BCUT2D eigenvalue weighted by Gasteiger charge is 2.22. The van der Waals surface area contributed by atoms with Crippen molar-refractivity contribution in [3.8, 4) is 28.3 Å². The number of aromatic nitrogens is 4. The van der Waals surface area contributed by atoms with Gasteiger partial charge in [-0.2, -0.15) is 4.98 Å². The summed E-state index contributed by atoms with van der Waals surface area (Å²) >= 11 is 0. The largest absolute Gasteiger partial charge is 0.471 e. The molecular formula is C28H28F3N7O2. The van der Waals surface area contributed by atoms with Crippen molar-refractivity contribution in [2.24, 2.45) is 0 Å². The van der Waals surface area contributed by atoms with E-state index in [9.17, 15) is 18.0 Å². The molecule has 12 heteroatoms. The summed E-state index contributed by atoms with van der Waals surface area (Å²) in [5.74, 6) is -0.587. The third-order valence-electron chi connectivity index (χ3n) is 5.80. The van der Waals surface area contributed by atoms with Crippen LogP contribution in [0.25, 0.3) is 22.4 Å². The van der Waals surface area contributed by atoms with E-state index in [2.05, 4.69) is 25.3 Å². The number of carbonyl (C=O) groups is 1. The molecule has 9 nitrogen and oxygen atoms in total. The van der Waals surface area contributed by atoms with Crippen LogP contribution in [0.1, 0.15) is 29.2 Å². The fraction of sp³-hybridized carbons (Fsp3) is 0.250. The maximum Gasteiger partial charge on any atom is 0.280 e. The Hall–Kier alpha value is -4.58. The third kappa shape index (κ3) is 7.08. The monoisotopic (exact) mass is 551 g/mol. The lowest BCUT2D eigenvalue weighted by molar-refractivity contribution is -0.127. The molecule has 0 aliphatic rings. The second-order valence-corrected chi connectivity index (χ2v) is 9.14. The van der Waals surface area contributed by atoms with Crippen LogP contribution in [0, 0.1) is 12.7 Å². The summed E-state index contributed by atoms with van der Waals surface area (Å²) in [6.07, 6.45) is -2.81. The molecule has 0 saturated carbocycles. The minimum Gasteiger partial charge on any atom is -0.471 e. The van der Waals surface area contributed by atoms with Crippen LogP contribution >= 0.6 is 0 Å². The van der Waals surface area contributed by atoms with Crippen LogP contribution in [0.4, 0.5) is 19.1 Å². The highest BCUT2D eigenvalue weighted by molar-refractivity contribution is 5.85. The number of hydrogen-bond donors (Lipinski definition) is 2. The lowest BCUT2D eigenvalue weighted by atomic mass is 9.99. The summed E-state index contributed by atoms with van der Waals surface area (Å²) in [6.45, 7) is 2.10. The van der Waals surface area contributed by atoms with Gasteiger partial charge in [-0.3, -0.25) is 14.8 Å². The van der Waals surface area contributed by atoms with E-state index in [0.29, 0.717) is 40.3 Å². The molecule has 0 spiro atoms. The summed E-state index contributed by atoms with van der Waals surface area (Å²) < 4.78 is 47.0. The molecule has 0 saturated heterocycles. The standard InChI is InChI=1S/C28H28F3N7O2/c1-16-11-18(12-22(34-16)26(30)31)24-25(17-7-9-19(29)10-8-17)36-28(32)37-27(24)40-15-21-6-4-5-20(35-21)13-33-14-23(39)38(2)3/h4-12,26,33H,13-15H2,1-3H3,(H2,32,36,37). The first-order valence-electron chi connectivity index (χ1n) is 12.3. The molecule has 1 amide bonds. The van der Waals surface area contributed by atoms with Gasteiger partial charge in [-0.15, -0.1) is 0 Å². The van der Waals surface area contributed by atoms with Gasteiger partial charge in [0.1, 0.15) is 18.1 Å². The van der Waals surface area contributed by atoms with Crippen molar-refractivity contribution < 1.29 is 22.7 Å². The lowest BCUT2D eigenvalue weighted by Crippen LogP contribution is -2.32. The van der Waals surface area contributed by atoms with Gasteiger partial charge in [0, 0.05) is 31.9 Å². The quantitative estimate of drug-likeness (QED) is 0.299. The Bertz CT molecular complexity index is 1500. The van der Waals surface area contributed by atoms with Crippen LogP contribution in [0.2, 0.25) is 0 Å². The second kappa shape index (κ2) is 12.5. The second-order valence-electron chi connectivity index (χ2n) is 9.14. The average molecular weight is 552 g/mol. The Balaban J connectivity index is 1.69. The number of halogens is 3. The first-order valence-corrected chi connectivity index (χ1v) is 12.3. The van der Waals surface area contributed by atoms with Gasteiger partial charge in [0.15, 0.2) is 0 Å². The SMILES string of the molecule is Cc1cc(-c2c(OCc3cccc(CNCC(=O)N(C)C)n3)nc(N)nc2-c2ccc(F)cc2)cc(C(F)F)n1. The van der Waals surface area contributed by atoms with E-state index in [-0.39, 0.29) is 36.6 Å². The van der Waals surface area contributed by atoms with Crippen LogP contribution in [-0.2, 0) is 17.9 Å². The summed E-state index contributed by atoms with van der Waals surface area (Å²) in [7, 11) is 3.36. The smallest absolute Gasteiger partial charge is 0.280 e.